The van der Waals surface area contributed by atoms with Gasteiger partial charge in [0.25, 0.3) is 0 Å². The van der Waals surface area contributed by atoms with Gasteiger partial charge in [0.2, 0.25) is 0 Å². The van der Waals surface area contributed by atoms with Crippen LogP contribution in [-0.4, -0.2) is 11.0 Å². The van der Waals surface area contributed by atoms with Gasteiger partial charge in [0.05, 0.1) is 11.3 Å². The highest BCUT2D eigenvalue weighted by molar-refractivity contribution is 6.00. The molecule has 0 aliphatic heterocycles. The van der Waals surface area contributed by atoms with Crippen LogP contribution in [0.3, 0.4) is 0 Å². The molecule has 146 valence electrons. The van der Waals surface area contributed by atoms with Crippen molar-refractivity contribution in [2.24, 2.45) is 0 Å². The molecule has 0 N–H and O–H groups in total. The molecule has 0 radical (unpaired) electrons. The molecule has 0 saturated carbocycles. The van der Waals surface area contributed by atoms with Crippen LogP contribution in [0, 0.1) is 36.6 Å². The minimum atomic E-state index is -0.584. The van der Waals surface area contributed by atoms with E-state index in [1.807, 2.05) is 20.8 Å². The smallest absolute Gasteiger partial charge is 0.354 e. The number of ether oxygens (including phenoxy) is 1. The number of hydrogen-bond donors (Lipinski definition) is 0. The second-order valence-corrected chi connectivity index (χ2v) is 7.07. The number of hydrogen-bond acceptors (Lipinski definition) is 3. The summed E-state index contributed by atoms with van der Waals surface area (Å²) in [6.45, 7) is 11.6. The lowest BCUT2D eigenvalue weighted by Gasteiger charge is -2.21. The second kappa shape index (κ2) is 9.20. The largest absolute Gasteiger partial charge is 0.367 e. The van der Waals surface area contributed by atoms with Crippen molar-refractivity contribution in [2.75, 3.05) is 0 Å². The molecule has 1 aromatic carbocycles. The summed E-state index contributed by atoms with van der Waals surface area (Å²) in [7, 11) is 0. The topological polar surface area (TPSA) is 39.2 Å². The van der Waals surface area contributed by atoms with Gasteiger partial charge in [-0.15, -0.1) is 0 Å². The van der Waals surface area contributed by atoms with E-state index in [-0.39, 0.29) is 19.1 Å². The van der Waals surface area contributed by atoms with Crippen molar-refractivity contribution >= 4 is 5.97 Å². The highest BCUT2D eigenvalue weighted by Gasteiger charge is 2.27. The van der Waals surface area contributed by atoms with Gasteiger partial charge in [-0.3, -0.25) is 4.98 Å². The summed E-state index contributed by atoms with van der Waals surface area (Å²) in [4.78, 5) is 17.7. The Kier molecular flexibility index (Phi) is 6.96. The molecule has 0 spiro atoms. The Morgan fingerprint density at radius 1 is 1.07 bits per heavy atom. The lowest BCUT2D eigenvalue weighted by molar-refractivity contribution is 0.0689. The molecule has 0 bridgehead atoms. The standard InChI is InChI=1S/C24H24FNO2.H2/c1-7-8-9-14-28-24(27)21-20(18-10-12-19(25)13-11-18)17(6)22(15(2)3)26-23(21)16(4)5;/h10-13,15-16H,1-6H3;1H. The Labute approximate surface area is 167 Å². The fourth-order valence-corrected chi connectivity index (χ4v) is 3.09. The molecule has 0 aliphatic carbocycles. The zero-order valence-corrected chi connectivity index (χ0v) is 17.1. The number of carbonyl (C=O) groups excluding carboxylic acids is 1. The number of rotatable bonds is 4. The first kappa shape index (κ1) is 21.2. The van der Waals surface area contributed by atoms with Gasteiger partial charge in [-0.05, 0) is 54.9 Å². The molecule has 1 aromatic heterocycles. The van der Waals surface area contributed by atoms with Crippen LogP contribution in [0.1, 0.15) is 75.2 Å². The van der Waals surface area contributed by atoms with E-state index in [2.05, 4.69) is 37.7 Å². The van der Waals surface area contributed by atoms with Crippen LogP contribution in [0.5, 0.6) is 0 Å². The first-order chi connectivity index (χ1) is 13.3. The van der Waals surface area contributed by atoms with Crippen molar-refractivity contribution in [1.82, 2.24) is 4.98 Å². The molecular weight excluding hydrogens is 353 g/mol. The highest BCUT2D eigenvalue weighted by Crippen LogP contribution is 2.36. The molecule has 1 heterocycles. The monoisotopic (exact) mass is 379 g/mol. The van der Waals surface area contributed by atoms with Gasteiger partial charge in [-0.2, -0.15) is 0 Å². The van der Waals surface area contributed by atoms with Crippen molar-refractivity contribution in [3.05, 3.63) is 52.6 Å². The van der Waals surface area contributed by atoms with Crippen LogP contribution in [0.25, 0.3) is 11.1 Å². The van der Waals surface area contributed by atoms with E-state index in [0.717, 1.165) is 16.8 Å². The van der Waals surface area contributed by atoms with E-state index < -0.39 is 5.97 Å². The summed E-state index contributed by atoms with van der Waals surface area (Å²) in [6.07, 6.45) is 2.33. The van der Waals surface area contributed by atoms with E-state index in [4.69, 9.17) is 9.72 Å². The lowest BCUT2D eigenvalue weighted by Crippen LogP contribution is -2.15. The second-order valence-electron chi connectivity index (χ2n) is 7.07. The molecule has 4 heteroatoms. The Morgan fingerprint density at radius 2 is 1.68 bits per heavy atom. The number of carbonyl (C=O) groups is 1. The average Bonchev–Trinajstić information content (AvgIpc) is 2.65. The van der Waals surface area contributed by atoms with E-state index in [9.17, 15) is 9.18 Å². The van der Waals surface area contributed by atoms with Crippen molar-refractivity contribution in [3.63, 3.8) is 0 Å². The molecule has 0 saturated heterocycles. The van der Waals surface area contributed by atoms with Crippen LogP contribution in [-0.2, 0) is 4.74 Å². The first-order valence-electron chi connectivity index (χ1n) is 9.21. The molecule has 3 nitrogen and oxygen atoms in total. The predicted octanol–water partition coefficient (Wildman–Crippen LogP) is 5.83. The first-order valence-corrected chi connectivity index (χ1v) is 9.21. The average molecular weight is 379 g/mol. The van der Waals surface area contributed by atoms with E-state index in [1.54, 1.807) is 19.1 Å². The molecule has 28 heavy (non-hydrogen) atoms. The molecular formula is C24H26FNO2. The summed E-state index contributed by atoms with van der Waals surface area (Å²) in [5, 5.41) is 0. The summed E-state index contributed by atoms with van der Waals surface area (Å²) in [5.41, 5.74) is 4.22. The summed E-state index contributed by atoms with van der Waals surface area (Å²) in [5.74, 6) is 6.86. The summed E-state index contributed by atoms with van der Waals surface area (Å²) in [6, 6.07) is 6.09. The summed E-state index contributed by atoms with van der Waals surface area (Å²) >= 11 is 0. The molecule has 0 aliphatic rings. The molecule has 2 aromatic rings. The maximum Gasteiger partial charge on any atom is 0.354 e. The van der Waals surface area contributed by atoms with Crippen molar-refractivity contribution in [2.45, 2.75) is 53.4 Å². The number of halogens is 1. The number of pyridine rings is 1. The fourth-order valence-electron chi connectivity index (χ4n) is 3.09. The van der Waals surface area contributed by atoms with E-state index >= 15 is 0 Å². The number of aromatic nitrogens is 1. The third kappa shape index (κ3) is 4.59. The number of benzene rings is 1. The van der Waals surface area contributed by atoms with Crippen LogP contribution in [0.4, 0.5) is 4.39 Å². The maximum atomic E-state index is 13.5. The van der Waals surface area contributed by atoms with Crippen LogP contribution < -0.4 is 0 Å². The molecule has 0 amide bonds. The van der Waals surface area contributed by atoms with Crippen molar-refractivity contribution in [3.8, 4) is 35.0 Å². The zero-order chi connectivity index (χ0) is 20.8. The molecule has 0 unspecified atom stereocenters. The van der Waals surface area contributed by atoms with Gasteiger partial charge in [-0.1, -0.05) is 45.7 Å². The van der Waals surface area contributed by atoms with Gasteiger partial charge >= 0.3 is 5.97 Å². The minimum Gasteiger partial charge on any atom is -0.367 e. The SMILES string of the molecule is CC#CC#COC(=O)c1c(C(C)C)nc(C(C)C)c(C)c1-c1ccc(F)cc1.[HH]. The van der Waals surface area contributed by atoms with Crippen LogP contribution in [0.15, 0.2) is 24.3 Å². The quantitative estimate of drug-likeness (QED) is 0.495. The lowest BCUT2D eigenvalue weighted by atomic mass is 9.88. The highest BCUT2D eigenvalue weighted by atomic mass is 19.1. The number of nitrogens with zero attached hydrogens (tertiary/aromatic N) is 1. The zero-order valence-electron chi connectivity index (χ0n) is 17.1. The van der Waals surface area contributed by atoms with Gasteiger partial charge in [0, 0.05) is 18.6 Å². The van der Waals surface area contributed by atoms with Crippen LogP contribution >= 0.6 is 0 Å². The van der Waals surface area contributed by atoms with Gasteiger partial charge in [-0.25, -0.2) is 9.18 Å². The third-order valence-electron chi connectivity index (χ3n) is 4.32. The van der Waals surface area contributed by atoms with Crippen molar-refractivity contribution in [1.29, 1.82) is 0 Å². The Balaban J connectivity index is 0.00000420. The predicted molar refractivity (Wildman–Crippen MR) is 111 cm³/mol. The van der Waals surface area contributed by atoms with Gasteiger partial charge in [0.1, 0.15) is 11.9 Å². The van der Waals surface area contributed by atoms with E-state index in [1.165, 1.54) is 12.1 Å². The molecule has 0 atom stereocenters. The summed E-state index contributed by atoms with van der Waals surface area (Å²) < 4.78 is 18.6. The normalized spacial score (nSPS) is 10.2. The van der Waals surface area contributed by atoms with Gasteiger partial charge in [0.15, 0.2) is 0 Å². The number of esters is 1. The third-order valence-corrected chi connectivity index (χ3v) is 4.32. The Bertz CT molecular complexity index is 1000. The Morgan fingerprint density at radius 3 is 2.21 bits per heavy atom. The fraction of sp³-hybridized carbons (Fsp3) is 0.333. The van der Waals surface area contributed by atoms with E-state index in [0.29, 0.717) is 16.8 Å². The Hall–Kier alpha value is -3.11. The van der Waals surface area contributed by atoms with Gasteiger partial charge < -0.3 is 4.74 Å². The van der Waals surface area contributed by atoms with Crippen LogP contribution in [0.2, 0.25) is 0 Å². The van der Waals surface area contributed by atoms with Crippen molar-refractivity contribution < 1.29 is 15.3 Å². The molecule has 2 rings (SSSR count). The minimum absolute atomic E-state index is 0. The maximum absolute atomic E-state index is 13.5. The molecule has 0 fully saturated rings.